The Hall–Kier alpha value is -1.69. The van der Waals surface area contributed by atoms with Crippen LogP contribution in [0, 0.1) is 0 Å². The summed E-state index contributed by atoms with van der Waals surface area (Å²) in [5.74, 6) is 0. The fourth-order valence-electron chi connectivity index (χ4n) is 2.46. The molecule has 0 saturated heterocycles. The molecule has 0 aliphatic rings. The number of nitrogens with one attached hydrogen (secondary N) is 1. The second kappa shape index (κ2) is 7.14. The van der Waals surface area contributed by atoms with Gasteiger partial charge in [-0.25, -0.2) is 13.1 Å². The second-order valence-electron chi connectivity index (χ2n) is 5.47. The Balaban J connectivity index is 1.50. The van der Waals surface area contributed by atoms with Gasteiger partial charge in [0, 0.05) is 21.9 Å². The summed E-state index contributed by atoms with van der Waals surface area (Å²) in [5.41, 5.74) is 1.98. The highest BCUT2D eigenvalue weighted by Crippen LogP contribution is 2.32. The lowest BCUT2D eigenvalue weighted by atomic mass is 10.2. The third-order valence-electron chi connectivity index (χ3n) is 3.77. The first-order valence-electron chi connectivity index (χ1n) is 7.56. The van der Waals surface area contributed by atoms with Crippen LogP contribution in [0.2, 0.25) is 0 Å². The minimum atomic E-state index is -3.80. The van der Waals surface area contributed by atoms with E-state index in [-0.39, 0.29) is 11.4 Å². The van der Waals surface area contributed by atoms with Crippen molar-refractivity contribution < 1.29 is 13.5 Å². The molecule has 4 rings (SSSR count). The number of aliphatic hydroxyl groups is 1. The predicted octanol–water partition coefficient (Wildman–Crippen LogP) is 3.49. The quantitative estimate of drug-likeness (QED) is 0.495. The Bertz CT molecular complexity index is 1130. The number of benzene rings is 1. The van der Waals surface area contributed by atoms with Crippen LogP contribution in [0.4, 0.5) is 0 Å². The number of thiophene rings is 2. The van der Waals surface area contributed by atoms with Gasteiger partial charge in [-0.3, -0.25) is 0 Å². The van der Waals surface area contributed by atoms with Crippen LogP contribution < -0.4 is 4.72 Å². The molecule has 0 aliphatic heterocycles. The Kier molecular flexibility index (Phi) is 4.86. The van der Waals surface area contributed by atoms with Crippen LogP contribution >= 0.6 is 34.4 Å². The number of fused-ring (bicyclic) bond motifs is 1. The van der Waals surface area contributed by atoms with Gasteiger partial charge in [0.25, 0.3) is 0 Å². The van der Waals surface area contributed by atoms with Crippen LogP contribution in [-0.4, -0.2) is 28.8 Å². The van der Waals surface area contributed by atoms with Crippen molar-refractivity contribution in [2.24, 2.45) is 0 Å². The van der Waals surface area contributed by atoms with Crippen LogP contribution in [0.3, 0.4) is 0 Å². The maximum absolute atomic E-state index is 12.6. The predicted molar refractivity (Wildman–Crippen MR) is 105 cm³/mol. The average Bonchev–Trinajstić information content (AvgIpc) is 3.39. The monoisotopic (exact) mass is 423 g/mol. The van der Waals surface area contributed by atoms with Gasteiger partial charge in [-0.2, -0.15) is 20.1 Å². The fraction of sp³-hybridized carbons (Fsp3) is 0.125. The third-order valence-corrected chi connectivity index (χ3v) is 7.68. The van der Waals surface area contributed by atoms with Crippen LogP contribution in [-0.2, 0) is 10.0 Å². The highest BCUT2D eigenvalue weighted by Gasteiger charge is 2.21. The van der Waals surface area contributed by atoms with Crippen molar-refractivity contribution in [3.05, 3.63) is 52.0 Å². The first-order chi connectivity index (χ1) is 12.5. The van der Waals surface area contributed by atoms with Crippen LogP contribution in [0.1, 0.15) is 11.0 Å². The van der Waals surface area contributed by atoms with Gasteiger partial charge >= 0.3 is 0 Å². The van der Waals surface area contributed by atoms with E-state index in [0.717, 1.165) is 22.2 Å². The summed E-state index contributed by atoms with van der Waals surface area (Å²) in [6, 6.07) is 10.6. The van der Waals surface area contributed by atoms with Crippen molar-refractivity contribution >= 4 is 55.5 Å². The molecule has 10 heteroatoms. The lowest BCUT2D eigenvalue weighted by Gasteiger charge is -2.11. The molecule has 3 aromatic heterocycles. The maximum Gasteiger partial charge on any atom is 0.242 e. The topological polar surface area (TPSA) is 92.2 Å². The highest BCUT2D eigenvalue weighted by molar-refractivity contribution is 7.89. The SMILES string of the molecule is O=S(=O)(NCC(O)c1ccc(-c2ccsc2)s1)c1cccc2nsnc12. The molecule has 6 nitrogen and oxygen atoms in total. The molecule has 4 aromatic rings. The van der Waals surface area contributed by atoms with Crippen LogP contribution in [0.25, 0.3) is 21.5 Å². The van der Waals surface area contributed by atoms with Crippen molar-refractivity contribution in [3.63, 3.8) is 0 Å². The second-order valence-corrected chi connectivity index (χ2v) is 9.63. The Morgan fingerprint density at radius 1 is 1.15 bits per heavy atom. The molecule has 0 aliphatic carbocycles. The standard InChI is InChI=1S/C16H13N3O3S4/c20-12(14-5-4-13(24-14)10-6-7-23-9-10)8-17-26(21,22)15-3-1-2-11-16(15)19-25-18-11/h1-7,9,12,17,20H,8H2. The van der Waals surface area contributed by atoms with Gasteiger partial charge < -0.3 is 5.11 Å². The van der Waals surface area contributed by atoms with Crippen LogP contribution in [0.5, 0.6) is 0 Å². The summed E-state index contributed by atoms with van der Waals surface area (Å²) in [5, 5.41) is 14.4. The molecule has 2 N–H and O–H groups in total. The van der Waals surface area contributed by atoms with Gasteiger partial charge in [-0.1, -0.05) is 6.07 Å². The summed E-state index contributed by atoms with van der Waals surface area (Å²) in [7, 11) is -3.80. The first-order valence-corrected chi connectivity index (χ1v) is 11.5. The number of nitrogens with zero attached hydrogens (tertiary/aromatic N) is 2. The molecule has 0 saturated carbocycles. The van der Waals surface area contributed by atoms with E-state index >= 15 is 0 Å². The summed E-state index contributed by atoms with van der Waals surface area (Å²) in [6.07, 6.45) is -0.921. The molecule has 0 bridgehead atoms. The molecule has 1 atom stereocenters. The van der Waals surface area contributed by atoms with Gasteiger partial charge in [0.15, 0.2) is 0 Å². The molecule has 1 unspecified atom stereocenters. The molecular formula is C16H13N3O3S4. The van der Waals surface area contributed by atoms with E-state index in [1.807, 2.05) is 29.0 Å². The van der Waals surface area contributed by atoms with Gasteiger partial charge in [0.05, 0.1) is 11.7 Å². The van der Waals surface area contributed by atoms with E-state index in [0.29, 0.717) is 15.9 Å². The minimum Gasteiger partial charge on any atom is -0.386 e. The molecule has 3 heterocycles. The summed E-state index contributed by atoms with van der Waals surface area (Å²) in [4.78, 5) is 1.82. The van der Waals surface area contributed by atoms with Gasteiger partial charge in [-0.05, 0) is 41.1 Å². The average molecular weight is 424 g/mol. The zero-order valence-corrected chi connectivity index (χ0v) is 16.5. The van der Waals surface area contributed by atoms with E-state index in [2.05, 4.69) is 13.5 Å². The summed E-state index contributed by atoms with van der Waals surface area (Å²) < 4.78 is 35.8. The van der Waals surface area contributed by atoms with E-state index in [1.165, 1.54) is 17.4 Å². The van der Waals surface area contributed by atoms with Gasteiger partial charge in [-0.15, -0.1) is 11.3 Å². The summed E-state index contributed by atoms with van der Waals surface area (Å²) in [6.45, 7) is -0.111. The lowest BCUT2D eigenvalue weighted by molar-refractivity contribution is 0.186. The molecule has 0 amide bonds. The smallest absolute Gasteiger partial charge is 0.242 e. The van der Waals surface area contributed by atoms with Crippen molar-refractivity contribution in [1.82, 2.24) is 13.5 Å². The third kappa shape index (κ3) is 3.43. The first kappa shape index (κ1) is 17.7. The number of aromatic nitrogens is 2. The van der Waals surface area contributed by atoms with Gasteiger partial charge in [0.2, 0.25) is 10.0 Å². The summed E-state index contributed by atoms with van der Waals surface area (Å²) >= 11 is 4.02. The van der Waals surface area contributed by atoms with E-state index in [1.54, 1.807) is 23.5 Å². The minimum absolute atomic E-state index is 0.0705. The Labute approximate surface area is 162 Å². The molecule has 0 fully saturated rings. The van der Waals surface area contributed by atoms with Crippen LogP contribution in [0.15, 0.2) is 52.1 Å². The number of aliphatic hydroxyl groups excluding tert-OH is 1. The fourth-order valence-corrected chi connectivity index (χ4v) is 5.98. The van der Waals surface area contributed by atoms with Crippen molar-refractivity contribution in [1.29, 1.82) is 0 Å². The molecule has 1 aromatic carbocycles. The number of hydrogen-bond acceptors (Lipinski definition) is 8. The largest absolute Gasteiger partial charge is 0.386 e. The van der Waals surface area contributed by atoms with Crippen molar-refractivity contribution in [2.75, 3.05) is 6.54 Å². The van der Waals surface area contributed by atoms with E-state index in [4.69, 9.17) is 0 Å². The number of hydrogen-bond donors (Lipinski definition) is 2. The molecule has 0 radical (unpaired) electrons. The Morgan fingerprint density at radius 2 is 2.04 bits per heavy atom. The van der Waals surface area contributed by atoms with Crippen molar-refractivity contribution in [2.45, 2.75) is 11.0 Å². The number of sulfonamides is 1. The van der Waals surface area contributed by atoms with E-state index in [9.17, 15) is 13.5 Å². The lowest BCUT2D eigenvalue weighted by Crippen LogP contribution is -2.28. The maximum atomic E-state index is 12.6. The molecule has 134 valence electrons. The van der Waals surface area contributed by atoms with E-state index < -0.39 is 16.1 Å². The number of rotatable bonds is 6. The molecule has 26 heavy (non-hydrogen) atoms. The molecule has 0 spiro atoms. The zero-order valence-electron chi connectivity index (χ0n) is 13.2. The molecular weight excluding hydrogens is 410 g/mol. The normalized spacial score (nSPS) is 13.3. The Morgan fingerprint density at radius 3 is 2.85 bits per heavy atom. The van der Waals surface area contributed by atoms with Gasteiger partial charge in [0.1, 0.15) is 22.0 Å². The highest BCUT2D eigenvalue weighted by atomic mass is 32.2. The van der Waals surface area contributed by atoms with Crippen molar-refractivity contribution in [3.8, 4) is 10.4 Å². The zero-order chi connectivity index (χ0) is 18.1.